The van der Waals surface area contributed by atoms with Gasteiger partial charge in [-0.1, -0.05) is 82.3 Å². The minimum absolute atomic E-state index is 0.0217. The summed E-state index contributed by atoms with van der Waals surface area (Å²) in [4.78, 5) is 72.0. The molecule has 2 aliphatic rings. The fraction of sp³-hybridized carbons (Fsp3) is 0.211. The number of halogens is 6. The Kier molecular flexibility index (Phi) is 14.7. The van der Waals surface area contributed by atoms with E-state index in [4.69, 9.17) is 18.6 Å². The van der Waals surface area contributed by atoms with E-state index in [-0.39, 0.29) is 72.8 Å². The van der Waals surface area contributed by atoms with E-state index in [2.05, 4.69) is 11.9 Å². The second-order valence-electron chi connectivity index (χ2n) is 23.8. The van der Waals surface area contributed by atoms with Crippen LogP contribution in [0.15, 0.2) is 152 Å². The number of nitriles is 2. The first-order chi connectivity index (χ1) is 43.6. The van der Waals surface area contributed by atoms with Gasteiger partial charge in [0.2, 0.25) is 0 Å². The molecule has 0 unspecified atom stereocenters. The molecule has 7 aromatic carbocycles. The van der Waals surface area contributed by atoms with Crippen LogP contribution in [0, 0.1) is 49.2 Å². The van der Waals surface area contributed by atoms with Gasteiger partial charge in [0.05, 0.1) is 48.6 Å². The molecule has 0 saturated heterocycles. The fourth-order valence-corrected chi connectivity index (χ4v) is 13.8. The number of nitrogens with zero attached hydrogens (tertiary/aromatic N) is 5. The number of hydrogen-bond donors (Lipinski definition) is 0. The van der Waals surface area contributed by atoms with Crippen LogP contribution in [-0.2, 0) is 37.8 Å². The molecule has 3 aromatic heterocycles. The van der Waals surface area contributed by atoms with Crippen LogP contribution in [0.5, 0.6) is 5.75 Å². The number of alkyl halides is 6. The quantitative estimate of drug-likeness (QED) is 0.0299. The molecule has 12 rings (SSSR count). The molecule has 0 fully saturated rings. The van der Waals surface area contributed by atoms with Gasteiger partial charge in [0.15, 0.2) is 5.70 Å². The normalized spacial score (nSPS) is 14.0. The van der Waals surface area contributed by atoms with Crippen molar-refractivity contribution in [2.45, 2.75) is 80.1 Å². The molecular formula is C71H54BF6N5O9. The number of hydrogen-bond acceptors (Lipinski definition) is 11. The maximum absolute atomic E-state index is 15.1. The lowest BCUT2D eigenvalue weighted by molar-refractivity contribution is -0.333. The van der Waals surface area contributed by atoms with Crippen LogP contribution in [0.25, 0.3) is 77.0 Å². The smallest absolute Gasteiger partial charge is 0.465 e. The van der Waals surface area contributed by atoms with Crippen molar-refractivity contribution in [2.75, 3.05) is 14.2 Å². The number of pyridine rings is 1. The average molecular weight is 1250 g/mol. The number of ether oxygens (including phenoxy) is 3. The van der Waals surface area contributed by atoms with Crippen molar-refractivity contribution in [3.8, 4) is 45.6 Å². The first-order valence-electron chi connectivity index (χ1n) is 29.2. The third-order valence-electron chi connectivity index (χ3n) is 17.6. The van der Waals surface area contributed by atoms with Crippen LogP contribution in [-0.4, -0.2) is 57.8 Å². The first kappa shape index (κ1) is 61.4. The Bertz CT molecular complexity index is 5140. The predicted octanol–water partition coefficient (Wildman–Crippen LogP) is 14.8. The van der Waals surface area contributed by atoms with Crippen LogP contribution in [0.2, 0.25) is 0 Å². The molecule has 92 heavy (non-hydrogen) atoms. The Balaban J connectivity index is 0.956. The third kappa shape index (κ3) is 9.30. The highest BCUT2D eigenvalue weighted by atomic mass is 19.4. The molecule has 0 aliphatic carbocycles. The Morgan fingerprint density at radius 2 is 1.21 bits per heavy atom. The Morgan fingerprint density at radius 3 is 1.73 bits per heavy atom. The van der Waals surface area contributed by atoms with Gasteiger partial charge < -0.3 is 27.6 Å². The van der Waals surface area contributed by atoms with Crippen molar-refractivity contribution in [1.82, 2.24) is 9.05 Å². The summed E-state index contributed by atoms with van der Waals surface area (Å²) in [6, 6.07) is 27.6. The zero-order valence-electron chi connectivity index (χ0n) is 51.2. The molecule has 21 heteroatoms. The van der Waals surface area contributed by atoms with Crippen LogP contribution >= 0.6 is 0 Å². The topological polar surface area (TPSA) is 187 Å². The molecule has 2 aliphatic heterocycles. The van der Waals surface area contributed by atoms with Crippen molar-refractivity contribution in [3.63, 3.8) is 0 Å². The van der Waals surface area contributed by atoms with Crippen molar-refractivity contribution < 1.29 is 63.8 Å². The number of esters is 3. The van der Waals surface area contributed by atoms with Crippen molar-refractivity contribution >= 4 is 79.1 Å². The molecule has 0 radical (unpaired) electrons. The highest BCUT2D eigenvalue weighted by Gasteiger charge is 2.58. The number of carbonyl (C=O) groups is 3. The number of methoxy groups -OCH3 is 2. The minimum atomic E-state index is -4.68. The lowest BCUT2D eigenvalue weighted by atomic mass is 9.46. The molecular weight excluding hydrogens is 1190 g/mol. The van der Waals surface area contributed by atoms with Crippen LogP contribution < -0.4 is 15.9 Å². The monoisotopic (exact) mass is 1250 g/mol. The number of benzene rings is 7. The summed E-state index contributed by atoms with van der Waals surface area (Å²) in [5.74, 6) is 1.93. The van der Waals surface area contributed by atoms with E-state index in [1.165, 1.54) is 74.9 Å². The summed E-state index contributed by atoms with van der Waals surface area (Å²) in [6.07, 6.45) is -12.8. The molecule has 0 bridgehead atoms. The van der Waals surface area contributed by atoms with Gasteiger partial charge in [0.1, 0.15) is 28.2 Å². The fourth-order valence-electron chi connectivity index (χ4n) is 13.8. The maximum Gasteiger partial charge on any atom is 0.570 e. The number of aryl methyl sites for hydroxylation is 2. The molecule has 0 saturated carbocycles. The average Bonchev–Trinajstić information content (AvgIpc) is 1.39. The van der Waals surface area contributed by atoms with Crippen molar-refractivity contribution in [1.29, 1.82) is 10.5 Å². The zero-order chi connectivity index (χ0) is 66.1. The van der Waals surface area contributed by atoms with E-state index in [0.717, 1.165) is 28.8 Å². The second kappa shape index (κ2) is 22.0. The second-order valence-corrected chi connectivity index (χ2v) is 23.8. The Morgan fingerprint density at radius 1 is 0.663 bits per heavy atom. The number of allylic oxidation sites excluding steroid dienone is 1. The summed E-state index contributed by atoms with van der Waals surface area (Å²) in [7, 11) is 2.50. The van der Waals surface area contributed by atoms with Gasteiger partial charge in [-0.15, -0.1) is 0 Å². The molecule has 10 aromatic rings. The summed E-state index contributed by atoms with van der Waals surface area (Å²) >= 11 is 0. The predicted molar refractivity (Wildman–Crippen MR) is 336 cm³/mol. The SMILES string of the molecule is COC(=O)C1=C(C)C2=C(c3c(C)cc(OC(=O)Cc4ccc(-n5c(=O)c6cc(-c7ccc(C(F)(F)F)cc7)c7oc8ccccc8c8c(-c9ccc(C(F)(F)F)cc9)cc(c5=O)c6c78)cc4)cc3C)c3c(C)c(C(=O)OC)c(C(C)C)n3[B-](C#N)(C#N)[N+]2=C1C(C)C. The summed E-state index contributed by atoms with van der Waals surface area (Å²) < 4.78 is 111. The van der Waals surface area contributed by atoms with Crippen molar-refractivity contribution in [3.05, 3.63) is 215 Å². The molecule has 0 atom stereocenters. The molecule has 14 nitrogen and oxygen atoms in total. The van der Waals surface area contributed by atoms with Gasteiger partial charge >= 0.3 is 36.7 Å². The lowest BCUT2D eigenvalue weighted by Crippen LogP contribution is -2.58. The largest absolute Gasteiger partial charge is 0.570 e. The summed E-state index contributed by atoms with van der Waals surface area (Å²) in [5.41, 5.74) is 3.44. The van der Waals surface area contributed by atoms with Crippen LogP contribution in [0.1, 0.15) is 101 Å². The van der Waals surface area contributed by atoms with E-state index >= 15 is 9.59 Å². The molecule has 5 heterocycles. The van der Waals surface area contributed by atoms with E-state index in [1.54, 1.807) is 73.1 Å². The summed E-state index contributed by atoms with van der Waals surface area (Å²) in [5, 5.41) is 24.1. The lowest BCUT2D eigenvalue weighted by Gasteiger charge is -2.38. The summed E-state index contributed by atoms with van der Waals surface area (Å²) in [6.45, 7) is 14.4. The number of aromatic nitrogens is 2. The van der Waals surface area contributed by atoms with E-state index in [9.17, 15) is 51.2 Å². The van der Waals surface area contributed by atoms with Crippen LogP contribution in [0.4, 0.5) is 26.3 Å². The molecule has 0 amide bonds. The molecule has 0 N–H and O–H groups in total. The zero-order valence-corrected chi connectivity index (χ0v) is 51.2. The van der Waals surface area contributed by atoms with E-state index in [0.29, 0.717) is 83.7 Å². The van der Waals surface area contributed by atoms with Gasteiger partial charge in [0, 0.05) is 60.8 Å². The Hall–Kier alpha value is -10.8. The van der Waals surface area contributed by atoms with Gasteiger partial charge in [-0.2, -0.15) is 26.3 Å². The standard InChI is InChI=1S/C71H54BF6N5O9/c1-34(2)61-55(68(87)89-9)38(7)63-60(64-39(8)56(69(88)90-10)62(35(3)4)83(64)72(32-79,33-80)82(61)63)54-36(5)27-46(28-37(54)6)91-53(84)29-40-15-25-45(26-16-40)81-66(85)50-30-48(41-17-21-43(22-18-41)70(73,74)75)57-47-13-11-12-14-52(47)92-65-49(31-51(67(81)86)58(50)59(57)65)42-19-23-44(24-20-42)71(76,77)78/h11-28,30-31,34-35H,29H2,1-10H3. The van der Waals surface area contributed by atoms with E-state index < -0.39 is 70.8 Å². The molecule has 462 valence electrons. The number of fused-ring (bicyclic) bond motifs is 4. The maximum atomic E-state index is 15.1. The van der Waals surface area contributed by atoms with Gasteiger partial charge in [-0.3, -0.25) is 14.4 Å². The number of rotatable bonds is 11. The van der Waals surface area contributed by atoms with Gasteiger partial charge in [0.25, 0.3) is 11.1 Å². The van der Waals surface area contributed by atoms with Crippen LogP contribution in [0.3, 0.4) is 0 Å². The number of carbonyl (C=O) groups excluding carboxylic acids is 3. The Labute approximate surface area is 521 Å². The highest BCUT2D eigenvalue weighted by molar-refractivity contribution is 6.86. The molecule has 0 spiro atoms. The highest BCUT2D eigenvalue weighted by Crippen LogP contribution is 2.51. The number of para-hydroxylation sites is 1. The van der Waals surface area contributed by atoms with Gasteiger partial charge in [-0.05, 0) is 157 Å². The minimum Gasteiger partial charge on any atom is -0.465 e. The van der Waals surface area contributed by atoms with E-state index in [1.807, 2.05) is 27.7 Å². The first-order valence-corrected chi connectivity index (χ1v) is 29.2. The van der Waals surface area contributed by atoms with Gasteiger partial charge in [-0.25, -0.2) is 24.7 Å². The third-order valence-corrected chi connectivity index (χ3v) is 17.6. The van der Waals surface area contributed by atoms with Crippen molar-refractivity contribution in [2.24, 2.45) is 5.92 Å².